The molecule has 4 nitrogen and oxygen atoms in total. The van der Waals surface area contributed by atoms with Gasteiger partial charge >= 0.3 is 0 Å². The highest BCUT2D eigenvalue weighted by Gasteiger charge is 2.27. The number of rotatable bonds is 3. The number of hydrogen-bond donors (Lipinski definition) is 2. The molecule has 3 N–H and O–H groups in total. The van der Waals surface area contributed by atoms with Gasteiger partial charge in [-0.3, -0.25) is 0 Å². The summed E-state index contributed by atoms with van der Waals surface area (Å²) in [5.74, 6) is 2.21. The fourth-order valence-corrected chi connectivity index (χ4v) is 3.37. The third-order valence-corrected chi connectivity index (χ3v) is 4.68. The fraction of sp³-hybridized carbons (Fsp3) is 0.714. The van der Waals surface area contributed by atoms with Gasteiger partial charge in [-0.1, -0.05) is 27.2 Å². The normalized spacial score (nSPS) is 23.6. The summed E-state index contributed by atoms with van der Waals surface area (Å²) in [5.41, 5.74) is 5.82. The maximum absolute atomic E-state index is 5.90. The number of nitrogen functional groups attached to an aromatic ring is 1. The molecule has 1 aliphatic carbocycles. The van der Waals surface area contributed by atoms with Crippen LogP contribution in [-0.4, -0.2) is 27.5 Å². The predicted octanol–water partition coefficient (Wildman–Crippen LogP) is 3.05. The van der Waals surface area contributed by atoms with Crippen molar-refractivity contribution in [3.8, 4) is 0 Å². The molecule has 2 unspecified atom stereocenters. The number of nitrogens with zero attached hydrogens (tertiary/aromatic N) is 2. The lowest BCUT2D eigenvalue weighted by Gasteiger charge is -2.22. The Labute approximate surface area is 120 Å². The van der Waals surface area contributed by atoms with Gasteiger partial charge in [-0.15, -0.1) is 0 Å². The maximum Gasteiger partial charge on any atom is 0.138 e. The Hall–Kier alpha value is -0.970. The molecule has 106 valence electrons. The van der Waals surface area contributed by atoms with Crippen LogP contribution in [-0.2, 0) is 5.41 Å². The molecule has 2 rings (SSSR count). The molecule has 0 amide bonds. The largest absolute Gasteiger partial charge is 0.384 e. The fourth-order valence-electron chi connectivity index (χ4n) is 2.44. The number of nitrogens with two attached hydrogens (primary N) is 1. The zero-order valence-electron chi connectivity index (χ0n) is 12.2. The quantitative estimate of drug-likeness (QED) is 0.891. The Morgan fingerprint density at radius 1 is 1.32 bits per heavy atom. The van der Waals surface area contributed by atoms with Crippen molar-refractivity contribution in [3.05, 3.63) is 11.9 Å². The van der Waals surface area contributed by atoms with Crippen molar-refractivity contribution in [2.24, 2.45) is 0 Å². The van der Waals surface area contributed by atoms with Gasteiger partial charge in [0.05, 0.1) is 0 Å². The highest BCUT2D eigenvalue weighted by molar-refractivity contribution is 7.99. The van der Waals surface area contributed by atoms with Gasteiger partial charge in [0.15, 0.2) is 0 Å². The highest BCUT2D eigenvalue weighted by Crippen LogP contribution is 2.31. The Morgan fingerprint density at radius 2 is 2.05 bits per heavy atom. The van der Waals surface area contributed by atoms with Gasteiger partial charge in [0.1, 0.15) is 17.5 Å². The van der Waals surface area contributed by atoms with Crippen LogP contribution in [0.5, 0.6) is 0 Å². The molecule has 0 radical (unpaired) electrons. The number of aromatic nitrogens is 2. The Balaban J connectivity index is 2.18. The molecule has 1 aromatic heterocycles. The Kier molecular flexibility index (Phi) is 4.23. The highest BCUT2D eigenvalue weighted by atomic mass is 32.2. The van der Waals surface area contributed by atoms with E-state index in [0.717, 1.165) is 11.6 Å². The SMILES string of the molecule is CSC1CCCC1Nc1cc(N)nc(C(C)(C)C)n1. The van der Waals surface area contributed by atoms with Crippen molar-refractivity contribution in [1.29, 1.82) is 0 Å². The molecule has 5 heteroatoms. The van der Waals surface area contributed by atoms with Crippen molar-refractivity contribution in [1.82, 2.24) is 9.97 Å². The summed E-state index contributed by atoms with van der Waals surface area (Å²) in [6, 6.07) is 2.34. The van der Waals surface area contributed by atoms with E-state index in [4.69, 9.17) is 5.73 Å². The minimum Gasteiger partial charge on any atom is -0.384 e. The molecule has 1 saturated carbocycles. The van der Waals surface area contributed by atoms with Crippen LogP contribution in [0.2, 0.25) is 0 Å². The van der Waals surface area contributed by atoms with Crippen LogP contribution in [0.3, 0.4) is 0 Å². The van der Waals surface area contributed by atoms with Crippen molar-refractivity contribution in [2.75, 3.05) is 17.3 Å². The van der Waals surface area contributed by atoms with Crippen LogP contribution in [0.1, 0.15) is 45.9 Å². The third-order valence-electron chi connectivity index (χ3n) is 3.51. The van der Waals surface area contributed by atoms with E-state index < -0.39 is 0 Å². The van der Waals surface area contributed by atoms with Crippen LogP contribution in [0, 0.1) is 0 Å². The van der Waals surface area contributed by atoms with E-state index in [1.165, 1.54) is 19.3 Å². The zero-order chi connectivity index (χ0) is 14.0. The van der Waals surface area contributed by atoms with Crippen LogP contribution in [0.25, 0.3) is 0 Å². The lowest BCUT2D eigenvalue weighted by Crippen LogP contribution is -2.27. The average Bonchev–Trinajstić information content (AvgIpc) is 2.74. The van der Waals surface area contributed by atoms with E-state index in [0.29, 0.717) is 17.1 Å². The summed E-state index contributed by atoms with van der Waals surface area (Å²) < 4.78 is 0. The molecule has 0 spiro atoms. The van der Waals surface area contributed by atoms with E-state index >= 15 is 0 Å². The molecule has 19 heavy (non-hydrogen) atoms. The van der Waals surface area contributed by atoms with Crippen molar-refractivity contribution >= 4 is 23.4 Å². The molecule has 1 heterocycles. The summed E-state index contributed by atoms with van der Waals surface area (Å²) >= 11 is 1.94. The van der Waals surface area contributed by atoms with Crippen molar-refractivity contribution in [2.45, 2.75) is 56.7 Å². The molecule has 1 fully saturated rings. The van der Waals surface area contributed by atoms with E-state index in [2.05, 4.69) is 42.3 Å². The lowest BCUT2D eigenvalue weighted by atomic mass is 9.96. The second-order valence-electron chi connectivity index (χ2n) is 6.21. The molecular weight excluding hydrogens is 256 g/mol. The molecule has 0 aromatic carbocycles. The van der Waals surface area contributed by atoms with Gasteiger partial charge in [0.2, 0.25) is 0 Å². The molecular formula is C14H24N4S. The molecule has 2 atom stereocenters. The second-order valence-corrected chi connectivity index (χ2v) is 7.28. The van der Waals surface area contributed by atoms with Gasteiger partial charge in [-0.05, 0) is 19.1 Å². The van der Waals surface area contributed by atoms with Gasteiger partial charge in [-0.25, -0.2) is 9.97 Å². The first-order chi connectivity index (χ1) is 8.90. The molecule has 0 aliphatic heterocycles. The van der Waals surface area contributed by atoms with Crippen molar-refractivity contribution in [3.63, 3.8) is 0 Å². The lowest BCUT2D eigenvalue weighted by molar-refractivity contribution is 0.546. The van der Waals surface area contributed by atoms with Crippen LogP contribution in [0.4, 0.5) is 11.6 Å². The van der Waals surface area contributed by atoms with Crippen molar-refractivity contribution < 1.29 is 0 Å². The standard InChI is InChI=1S/C14H24N4S/c1-14(2,3)13-17-11(15)8-12(18-13)16-9-6-5-7-10(9)19-4/h8-10H,5-7H2,1-4H3,(H3,15,16,17,18). The minimum absolute atomic E-state index is 0.0829. The van der Waals surface area contributed by atoms with Gasteiger partial charge in [0, 0.05) is 22.8 Å². The van der Waals surface area contributed by atoms with Crippen LogP contribution < -0.4 is 11.1 Å². The molecule has 1 aromatic rings. The zero-order valence-corrected chi connectivity index (χ0v) is 13.0. The number of thioether (sulfide) groups is 1. The van der Waals surface area contributed by atoms with Crippen LogP contribution in [0.15, 0.2) is 6.07 Å². The average molecular weight is 280 g/mol. The topological polar surface area (TPSA) is 63.8 Å². The van der Waals surface area contributed by atoms with Gasteiger partial charge in [0.25, 0.3) is 0 Å². The summed E-state index contributed by atoms with van der Waals surface area (Å²) in [5, 5.41) is 4.22. The molecule has 0 bridgehead atoms. The van der Waals surface area contributed by atoms with E-state index in [-0.39, 0.29) is 5.41 Å². The summed E-state index contributed by atoms with van der Waals surface area (Å²) in [6.45, 7) is 6.31. The maximum atomic E-state index is 5.90. The van der Waals surface area contributed by atoms with Gasteiger partial charge in [-0.2, -0.15) is 11.8 Å². The Bertz CT molecular complexity index is 442. The molecule has 0 saturated heterocycles. The summed E-state index contributed by atoms with van der Waals surface area (Å²) in [4.78, 5) is 8.97. The minimum atomic E-state index is -0.0829. The van der Waals surface area contributed by atoms with E-state index in [1.54, 1.807) is 0 Å². The number of anilines is 2. The van der Waals surface area contributed by atoms with E-state index in [9.17, 15) is 0 Å². The third kappa shape index (κ3) is 3.53. The first-order valence-electron chi connectivity index (χ1n) is 6.84. The molecule has 1 aliphatic rings. The number of nitrogens with one attached hydrogen (secondary N) is 1. The monoisotopic (exact) mass is 280 g/mol. The van der Waals surface area contributed by atoms with E-state index in [1.807, 2.05) is 17.8 Å². The smallest absolute Gasteiger partial charge is 0.138 e. The number of hydrogen-bond acceptors (Lipinski definition) is 5. The van der Waals surface area contributed by atoms with Gasteiger partial charge < -0.3 is 11.1 Å². The predicted molar refractivity (Wildman–Crippen MR) is 83.7 cm³/mol. The second kappa shape index (κ2) is 5.57. The summed E-state index contributed by atoms with van der Waals surface area (Å²) in [7, 11) is 0. The summed E-state index contributed by atoms with van der Waals surface area (Å²) in [6.07, 6.45) is 5.96. The Morgan fingerprint density at radius 3 is 2.68 bits per heavy atom. The van der Waals surface area contributed by atoms with Crippen LogP contribution >= 0.6 is 11.8 Å². The first kappa shape index (κ1) is 14.4. The first-order valence-corrected chi connectivity index (χ1v) is 8.13.